The first-order valence-electron chi connectivity index (χ1n) is 11.2. The molecule has 0 spiro atoms. The molecule has 0 unspecified atom stereocenters. The lowest BCUT2D eigenvalue weighted by molar-refractivity contribution is -0.130. The lowest BCUT2D eigenvalue weighted by Crippen LogP contribution is -2.49. The summed E-state index contributed by atoms with van der Waals surface area (Å²) in [5.74, 6) is 0.410. The third-order valence-electron chi connectivity index (χ3n) is 6.59. The van der Waals surface area contributed by atoms with Gasteiger partial charge in [-0.15, -0.1) is 0 Å². The second kappa shape index (κ2) is 9.14. The Labute approximate surface area is 172 Å². The van der Waals surface area contributed by atoms with Crippen molar-refractivity contribution in [2.45, 2.75) is 63.8 Å². The van der Waals surface area contributed by atoms with Crippen LogP contribution in [0.4, 0.5) is 10.1 Å². The number of halogens is 1. The van der Waals surface area contributed by atoms with E-state index in [0.29, 0.717) is 19.0 Å². The van der Waals surface area contributed by atoms with Crippen molar-refractivity contribution in [3.8, 4) is 0 Å². The molecule has 1 aromatic carbocycles. The van der Waals surface area contributed by atoms with E-state index in [4.69, 9.17) is 0 Å². The van der Waals surface area contributed by atoms with Crippen LogP contribution in [0.2, 0.25) is 0 Å². The van der Waals surface area contributed by atoms with E-state index in [-0.39, 0.29) is 23.5 Å². The molecule has 4 rings (SSSR count). The molecular weight excluding hydrogens is 369 g/mol. The molecule has 0 aromatic heterocycles. The van der Waals surface area contributed by atoms with E-state index in [1.165, 1.54) is 25.3 Å². The second-order valence-electron chi connectivity index (χ2n) is 8.88. The van der Waals surface area contributed by atoms with Crippen LogP contribution in [0.15, 0.2) is 18.2 Å². The summed E-state index contributed by atoms with van der Waals surface area (Å²) in [6.07, 6.45) is 9.52. The molecule has 2 fully saturated rings. The van der Waals surface area contributed by atoms with Crippen molar-refractivity contribution in [2.75, 3.05) is 24.5 Å². The number of nitrogens with one attached hydrogen (secondary N) is 2. The minimum atomic E-state index is -0.425. The van der Waals surface area contributed by atoms with Gasteiger partial charge in [0.15, 0.2) is 0 Å². The zero-order chi connectivity index (χ0) is 20.2. The number of carbonyl (C=O) groups excluding carboxylic acids is 2. The third kappa shape index (κ3) is 5.28. The third-order valence-corrected chi connectivity index (χ3v) is 6.59. The average Bonchev–Trinajstić information content (AvgIpc) is 3.50. The maximum atomic E-state index is 13.4. The fraction of sp³-hybridized carbons (Fsp3) is 0.652. The molecule has 6 heteroatoms. The van der Waals surface area contributed by atoms with Crippen LogP contribution in [0.5, 0.6) is 0 Å². The van der Waals surface area contributed by atoms with Gasteiger partial charge in [-0.2, -0.15) is 0 Å². The smallest absolute Gasteiger partial charge is 0.242 e. The van der Waals surface area contributed by atoms with E-state index in [0.717, 1.165) is 56.3 Å². The van der Waals surface area contributed by atoms with Crippen LogP contribution < -0.4 is 15.5 Å². The number of hydrogen-bond donors (Lipinski definition) is 2. The Morgan fingerprint density at radius 3 is 2.69 bits per heavy atom. The van der Waals surface area contributed by atoms with Crippen molar-refractivity contribution < 1.29 is 14.0 Å². The van der Waals surface area contributed by atoms with Crippen molar-refractivity contribution in [1.29, 1.82) is 0 Å². The van der Waals surface area contributed by atoms with Crippen LogP contribution in [0.25, 0.3) is 0 Å². The van der Waals surface area contributed by atoms with Gasteiger partial charge in [-0.1, -0.05) is 32.1 Å². The fourth-order valence-electron chi connectivity index (χ4n) is 4.73. The highest BCUT2D eigenvalue weighted by molar-refractivity contribution is 5.89. The number of amides is 2. The first kappa shape index (κ1) is 20.2. The standard InChI is InChI=1S/C23H32FN3O2/c24-19-8-9-21-18(15-19)10-12-27(21)13-11-25-23(29)20(26-22(28)17-6-7-17)14-16-4-2-1-3-5-16/h8-9,15-17,20H,1-7,10-14H2,(H,25,29)(H,26,28)/t20-/m0/s1. The Hall–Kier alpha value is -2.11. The predicted molar refractivity (Wildman–Crippen MR) is 111 cm³/mol. The summed E-state index contributed by atoms with van der Waals surface area (Å²) in [6.45, 7) is 2.06. The van der Waals surface area contributed by atoms with Gasteiger partial charge in [-0.3, -0.25) is 9.59 Å². The molecule has 2 aliphatic carbocycles. The van der Waals surface area contributed by atoms with E-state index in [1.54, 1.807) is 6.07 Å². The van der Waals surface area contributed by atoms with Gasteiger partial charge in [0.2, 0.25) is 11.8 Å². The van der Waals surface area contributed by atoms with Crippen LogP contribution in [-0.4, -0.2) is 37.5 Å². The first-order chi connectivity index (χ1) is 14.1. The molecule has 0 saturated heterocycles. The van der Waals surface area contributed by atoms with Crippen molar-refractivity contribution in [2.24, 2.45) is 11.8 Å². The summed E-state index contributed by atoms with van der Waals surface area (Å²) in [5, 5.41) is 6.06. The highest BCUT2D eigenvalue weighted by Gasteiger charge is 2.33. The molecule has 158 valence electrons. The normalized spacial score (nSPS) is 20.2. The zero-order valence-electron chi connectivity index (χ0n) is 17.1. The molecule has 3 aliphatic rings. The Balaban J connectivity index is 1.29. The van der Waals surface area contributed by atoms with Crippen LogP contribution in [0.3, 0.4) is 0 Å². The van der Waals surface area contributed by atoms with Gasteiger partial charge < -0.3 is 15.5 Å². The van der Waals surface area contributed by atoms with Gasteiger partial charge in [0, 0.05) is 31.2 Å². The average molecular weight is 402 g/mol. The van der Waals surface area contributed by atoms with Gasteiger partial charge in [0.1, 0.15) is 11.9 Å². The topological polar surface area (TPSA) is 61.4 Å². The molecule has 1 aliphatic heterocycles. The zero-order valence-corrected chi connectivity index (χ0v) is 17.1. The molecule has 1 heterocycles. The number of anilines is 1. The summed E-state index contributed by atoms with van der Waals surface area (Å²) >= 11 is 0. The van der Waals surface area contributed by atoms with Crippen molar-refractivity contribution in [3.63, 3.8) is 0 Å². The number of benzene rings is 1. The molecule has 0 bridgehead atoms. The number of hydrogen-bond acceptors (Lipinski definition) is 3. The molecule has 2 saturated carbocycles. The van der Waals surface area contributed by atoms with Gasteiger partial charge in [-0.05, 0) is 55.4 Å². The maximum absolute atomic E-state index is 13.4. The van der Waals surface area contributed by atoms with Crippen LogP contribution >= 0.6 is 0 Å². The van der Waals surface area contributed by atoms with E-state index in [9.17, 15) is 14.0 Å². The molecule has 1 atom stereocenters. The molecule has 29 heavy (non-hydrogen) atoms. The van der Waals surface area contributed by atoms with Gasteiger partial charge >= 0.3 is 0 Å². The number of nitrogens with zero attached hydrogens (tertiary/aromatic N) is 1. The van der Waals surface area contributed by atoms with Gasteiger partial charge in [0.05, 0.1) is 0 Å². The van der Waals surface area contributed by atoms with Crippen molar-refractivity contribution in [3.05, 3.63) is 29.6 Å². The van der Waals surface area contributed by atoms with Gasteiger partial charge in [0.25, 0.3) is 0 Å². The predicted octanol–water partition coefficient (Wildman–Crippen LogP) is 3.17. The van der Waals surface area contributed by atoms with Crippen molar-refractivity contribution >= 4 is 17.5 Å². The molecule has 2 amide bonds. The Bertz CT molecular complexity index is 744. The van der Waals surface area contributed by atoms with Crippen LogP contribution in [0, 0.1) is 17.7 Å². The minimum absolute atomic E-state index is 0.0384. The minimum Gasteiger partial charge on any atom is -0.369 e. The lowest BCUT2D eigenvalue weighted by Gasteiger charge is -2.27. The Morgan fingerprint density at radius 2 is 1.93 bits per heavy atom. The SMILES string of the molecule is O=C(N[C@@H](CC1CCCCC1)C(=O)NCCN1CCc2cc(F)ccc21)C1CC1. The Morgan fingerprint density at radius 1 is 1.14 bits per heavy atom. The molecule has 1 aromatic rings. The summed E-state index contributed by atoms with van der Waals surface area (Å²) in [5.41, 5.74) is 2.09. The fourth-order valence-corrected chi connectivity index (χ4v) is 4.73. The highest BCUT2D eigenvalue weighted by atomic mass is 19.1. The number of carbonyl (C=O) groups is 2. The Kier molecular flexibility index (Phi) is 6.36. The van der Waals surface area contributed by atoms with E-state index in [1.807, 2.05) is 6.07 Å². The second-order valence-corrected chi connectivity index (χ2v) is 8.88. The van der Waals surface area contributed by atoms with E-state index in [2.05, 4.69) is 15.5 Å². The number of rotatable bonds is 8. The lowest BCUT2D eigenvalue weighted by atomic mass is 9.84. The van der Waals surface area contributed by atoms with Crippen LogP contribution in [0.1, 0.15) is 56.9 Å². The van der Waals surface area contributed by atoms with Crippen molar-refractivity contribution in [1.82, 2.24) is 10.6 Å². The van der Waals surface area contributed by atoms with E-state index >= 15 is 0 Å². The number of fused-ring (bicyclic) bond motifs is 1. The quantitative estimate of drug-likeness (QED) is 0.703. The maximum Gasteiger partial charge on any atom is 0.242 e. The van der Waals surface area contributed by atoms with Crippen LogP contribution in [-0.2, 0) is 16.0 Å². The summed E-state index contributed by atoms with van der Waals surface area (Å²) in [7, 11) is 0. The first-order valence-corrected chi connectivity index (χ1v) is 11.2. The highest BCUT2D eigenvalue weighted by Crippen LogP contribution is 2.31. The monoisotopic (exact) mass is 401 g/mol. The summed E-state index contributed by atoms with van der Waals surface area (Å²) in [4.78, 5) is 27.3. The summed E-state index contributed by atoms with van der Waals surface area (Å²) < 4.78 is 13.4. The molecular formula is C23H32FN3O2. The largest absolute Gasteiger partial charge is 0.369 e. The summed E-state index contributed by atoms with van der Waals surface area (Å²) in [6, 6.07) is 4.48. The van der Waals surface area contributed by atoms with Gasteiger partial charge in [-0.25, -0.2) is 4.39 Å². The molecule has 0 radical (unpaired) electrons. The molecule has 2 N–H and O–H groups in total. The molecule has 5 nitrogen and oxygen atoms in total. The van der Waals surface area contributed by atoms with E-state index < -0.39 is 6.04 Å².